The lowest BCUT2D eigenvalue weighted by molar-refractivity contribution is -0.108. The van der Waals surface area contributed by atoms with E-state index in [4.69, 9.17) is 16.9 Å². The van der Waals surface area contributed by atoms with Crippen molar-refractivity contribution < 1.29 is 18.0 Å². The van der Waals surface area contributed by atoms with Crippen molar-refractivity contribution >= 4 is 23.6 Å². The lowest BCUT2D eigenvalue weighted by Crippen LogP contribution is -2.44. The van der Waals surface area contributed by atoms with E-state index in [1.807, 2.05) is 19.9 Å². The smallest absolute Gasteiger partial charge is 0.161 e. The van der Waals surface area contributed by atoms with Gasteiger partial charge >= 0.3 is 0 Å². The van der Waals surface area contributed by atoms with Crippen molar-refractivity contribution in [3.05, 3.63) is 63.9 Å². The van der Waals surface area contributed by atoms with Gasteiger partial charge in [-0.15, -0.1) is 0 Å². The molecule has 2 rings (SSSR count). The second-order valence-corrected chi connectivity index (χ2v) is 7.29. The van der Waals surface area contributed by atoms with Gasteiger partial charge in [0.25, 0.3) is 0 Å². The minimum atomic E-state index is -1.27. The number of anilines is 1. The molecule has 0 spiro atoms. The molecule has 1 atom stereocenters. The first-order chi connectivity index (χ1) is 13.8. The lowest BCUT2D eigenvalue weighted by atomic mass is 10.1. The quantitative estimate of drug-likeness (QED) is 0.473. The van der Waals surface area contributed by atoms with Gasteiger partial charge in [-0.05, 0) is 24.3 Å². The van der Waals surface area contributed by atoms with Crippen LogP contribution in [-0.2, 0) is 11.3 Å². The van der Waals surface area contributed by atoms with Crippen LogP contribution in [0.25, 0.3) is 0 Å². The zero-order valence-electron chi connectivity index (χ0n) is 16.1. The number of halogens is 4. The molecule has 1 N–H and O–H groups in total. The van der Waals surface area contributed by atoms with Gasteiger partial charge in [-0.25, -0.2) is 13.2 Å². The number of rotatable bonds is 9. The number of hydrogen-bond donors (Lipinski definition) is 1. The molecule has 4 nitrogen and oxygen atoms in total. The van der Waals surface area contributed by atoms with Gasteiger partial charge in [-0.3, -0.25) is 0 Å². The molecule has 2 aromatic carbocycles. The average Bonchev–Trinajstić information content (AvgIpc) is 2.67. The molecule has 0 aliphatic carbocycles. The number of nitrogens with one attached hydrogen (secondary N) is 1. The number of nitriles is 1. The molecule has 0 unspecified atom stereocenters. The van der Waals surface area contributed by atoms with E-state index < -0.39 is 23.5 Å². The summed E-state index contributed by atoms with van der Waals surface area (Å²) < 4.78 is 41.3. The SMILES string of the molecule is CC(C)NC[C@H](CC=O)N(Cc1cc(F)c(F)cc1F)c1ccc(C#N)c(Cl)c1. The third kappa shape index (κ3) is 5.96. The summed E-state index contributed by atoms with van der Waals surface area (Å²) in [5.41, 5.74) is 0.724. The van der Waals surface area contributed by atoms with Gasteiger partial charge in [-0.1, -0.05) is 25.4 Å². The van der Waals surface area contributed by atoms with E-state index in [2.05, 4.69) is 5.32 Å². The molecule has 0 aromatic heterocycles. The number of benzene rings is 2. The van der Waals surface area contributed by atoms with E-state index in [-0.39, 0.29) is 35.2 Å². The van der Waals surface area contributed by atoms with Crippen molar-refractivity contribution in [1.82, 2.24) is 5.32 Å². The van der Waals surface area contributed by atoms with E-state index in [0.717, 1.165) is 12.4 Å². The molecule has 2 aromatic rings. The Bertz CT molecular complexity index is 915. The first-order valence-electron chi connectivity index (χ1n) is 9.03. The monoisotopic (exact) mass is 423 g/mol. The first-order valence-corrected chi connectivity index (χ1v) is 9.41. The van der Waals surface area contributed by atoms with Crippen LogP contribution in [0.4, 0.5) is 18.9 Å². The Labute approximate surface area is 172 Å². The molecule has 0 saturated heterocycles. The van der Waals surface area contributed by atoms with Crippen LogP contribution in [-0.4, -0.2) is 24.9 Å². The summed E-state index contributed by atoms with van der Waals surface area (Å²) in [7, 11) is 0. The molecule has 0 aliphatic rings. The summed E-state index contributed by atoms with van der Waals surface area (Å²) in [6.45, 7) is 4.15. The Morgan fingerprint density at radius 3 is 2.45 bits per heavy atom. The van der Waals surface area contributed by atoms with Crippen LogP contribution in [0.2, 0.25) is 5.02 Å². The molecule has 8 heteroatoms. The number of carbonyl (C=O) groups excluding carboxylic acids is 1. The minimum absolute atomic E-state index is 0.0650. The first kappa shape index (κ1) is 22.7. The van der Waals surface area contributed by atoms with Crippen LogP contribution in [0.3, 0.4) is 0 Å². The van der Waals surface area contributed by atoms with E-state index >= 15 is 0 Å². The highest BCUT2D eigenvalue weighted by molar-refractivity contribution is 6.32. The van der Waals surface area contributed by atoms with Crippen LogP contribution in [0.5, 0.6) is 0 Å². The predicted octanol–water partition coefficient (Wildman–Crippen LogP) is 4.59. The number of hydrogen-bond acceptors (Lipinski definition) is 4. The topological polar surface area (TPSA) is 56.1 Å². The molecular formula is C21H21ClF3N3O. The molecule has 0 radical (unpaired) electrons. The van der Waals surface area contributed by atoms with Gasteiger partial charge in [0.05, 0.1) is 10.6 Å². The highest BCUT2D eigenvalue weighted by atomic mass is 35.5. The summed E-state index contributed by atoms with van der Waals surface area (Å²) in [4.78, 5) is 13.0. The van der Waals surface area contributed by atoms with Crippen LogP contribution in [0.15, 0.2) is 30.3 Å². The van der Waals surface area contributed by atoms with Gasteiger partial charge < -0.3 is 15.0 Å². The van der Waals surface area contributed by atoms with Gasteiger partial charge in [-0.2, -0.15) is 5.26 Å². The molecular weight excluding hydrogens is 403 g/mol. The fourth-order valence-corrected chi connectivity index (χ4v) is 3.09. The Balaban J connectivity index is 2.49. The molecule has 0 saturated carbocycles. The van der Waals surface area contributed by atoms with Gasteiger partial charge in [0, 0.05) is 48.9 Å². The lowest BCUT2D eigenvalue weighted by Gasteiger charge is -2.34. The van der Waals surface area contributed by atoms with Crippen molar-refractivity contribution in [3.63, 3.8) is 0 Å². The molecule has 0 aliphatic heterocycles. The molecule has 0 amide bonds. The average molecular weight is 424 g/mol. The zero-order valence-corrected chi connectivity index (χ0v) is 16.8. The van der Waals surface area contributed by atoms with Crippen molar-refractivity contribution in [3.8, 4) is 6.07 Å². The van der Waals surface area contributed by atoms with Crippen LogP contribution >= 0.6 is 11.6 Å². The Morgan fingerprint density at radius 1 is 1.17 bits per heavy atom. The second kappa shape index (κ2) is 10.3. The highest BCUT2D eigenvalue weighted by Crippen LogP contribution is 2.28. The summed E-state index contributed by atoms with van der Waals surface area (Å²) in [5, 5.41) is 12.5. The van der Waals surface area contributed by atoms with Crippen molar-refractivity contribution in [2.45, 2.75) is 38.9 Å². The maximum atomic E-state index is 14.3. The Morgan fingerprint density at radius 2 is 1.86 bits per heavy atom. The molecule has 154 valence electrons. The summed E-state index contributed by atoms with van der Waals surface area (Å²) in [6.07, 6.45) is 0.856. The molecule has 0 bridgehead atoms. The zero-order chi connectivity index (χ0) is 21.6. The number of aldehydes is 1. The maximum Gasteiger partial charge on any atom is 0.161 e. The van der Waals surface area contributed by atoms with Crippen molar-refractivity contribution in [2.75, 3.05) is 11.4 Å². The normalized spacial score (nSPS) is 11.9. The fourth-order valence-electron chi connectivity index (χ4n) is 2.88. The van der Waals surface area contributed by atoms with Crippen molar-refractivity contribution in [1.29, 1.82) is 5.26 Å². The van der Waals surface area contributed by atoms with Crippen LogP contribution in [0.1, 0.15) is 31.4 Å². The van der Waals surface area contributed by atoms with E-state index in [1.165, 1.54) is 12.1 Å². The van der Waals surface area contributed by atoms with Gasteiger partial charge in [0.1, 0.15) is 18.2 Å². The van der Waals surface area contributed by atoms with Crippen LogP contribution < -0.4 is 10.2 Å². The Kier molecular flexibility index (Phi) is 8.06. The molecule has 0 heterocycles. The molecule has 0 fully saturated rings. The van der Waals surface area contributed by atoms with E-state index in [1.54, 1.807) is 11.0 Å². The van der Waals surface area contributed by atoms with Crippen LogP contribution in [0, 0.1) is 28.8 Å². The summed E-state index contributed by atoms with van der Waals surface area (Å²) >= 11 is 6.15. The van der Waals surface area contributed by atoms with Gasteiger partial charge in [0.15, 0.2) is 11.6 Å². The highest BCUT2D eigenvalue weighted by Gasteiger charge is 2.22. The van der Waals surface area contributed by atoms with E-state index in [9.17, 15) is 18.0 Å². The largest absolute Gasteiger partial charge is 0.362 e. The summed E-state index contributed by atoms with van der Waals surface area (Å²) in [6, 6.07) is 7.65. The van der Waals surface area contributed by atoms with Crippen molar-refractivity contribution in [2.24, 2.45) is 0 Å². The minimum Gasteiger partial charge on any atom is -0.362 e. The van der Waals surface area contributed by atoms with Gasteiger partial charge in [0.2, 0.25) is 0 Å². The summed E-state index contributed by atoms with van der Waals surface area (Å²) in [5.74, 6) is -3.33. The number of nitrogens with zero attached hydrogens (tertiary/aromatic N) is 2. The third-order valence-electron chi connectivity index (χ3n) is 4.41. The molecule has 29 heavy (non-hydrogen) atoms. The van der Waals surface area contributed by atoms with E-state index in [0.29, 0.717) is 18.3 Å². The number of carbonyl (C=O) groups is 1. The third-order valence-corrected chi connectivity index (χ3v) is 4.72. The Hall–Kier alpha value is -2.56. The predicted molar refractivity (Wildman–Crippen MR) is 106 cm³/mol. The fraction of sp³-hybridized carbons (Fsp3) is 0.333. The standard InChI is InChI=1S/C21H21ClF3N3O/c1-13(2)27-11-17(5-6-29)28(16-4-3-14(10-26)18(22)8-16)12-15-7-20(24)21(25)9-19(15)23/h3-4,6-9,13,17,27H,5,11-12H2,1-2H3/t17-/m0/s1. The maximum absolute atomic E-state index is 14.3. The second-order valence-electron chi connectivity index (χ2n) is 6.88.